The van der Waals surface area contributed by atoms with E-state index in [0.717, 1.165) is 30.6 Å². The number of amides is 1. The average molecular weight is 367 g/mol. The van der Waals surface area contributed by atoms with Gasteiger partial charge in [-0.1, -0.05) is 30.3 Å². The Morgan fingerprint density at radius 1 is 1.04 bits per heavy atom. The van der Waals surface area contributed by atoms with Crippen molar-refractivity contribution in [2.75, 3.05) is 13.7 Å². The van der Waals surface area contributed by atoms with E-state index in [1.807, 2.05) is 30.3 Å². The highest BCUT2D eigenvalue weighted by Crippen LogP contribution is 2.23. The third kappa shape index (κ3) is 5.09. The molecule has 0 aliphatic carbocycles. The van der Waals surface area contributed by atoms with Crippen LogP contribution in [0.25, 0.3) is 0 Å². The van der Waals surface area contributed by atoms with Crippen LogP contribution in [0.1, 0.15) is 41.6 Å². The van der Waals surface area contributed by atoms with Crippen LogP contribution in [0.4, 0.5) is 4.79 Å². The number of likely N-dealkylation sites (tertiary alicyclic amines) is 1. The molecule has 1 saturated heterocycles. The van der Waals surface area contributed by atoms with Gasteiger partial charge >= 0.3 is 6.09 Å². The molecule has 3 rings (SSSR count). The second kappa shape index (κ2) is 9.21. The van der Waals surface area contributed by atoms with Crippen molar-refractivity contribution < 1.29 is 19.1 Å². The van der Waals surface area contributed by atoms with Crippen LogP contribution in [0.3, 0.4) is 0 Å². The highest BCUT2D eigenvalue weighted by molar-refractivity contribution is 5.96. The molecule has 0 unspecified atom stereocenters. The molecule has 27 heavy (non-hydrogen) atoms. The lowest BCUT2D eigenvalue weighted by Crippen LogP contribution is -2.45. The van der Waals surface area contributed by atoms with Gasteiger partial charge in [-0.05, 0) is 49.1 Å². The van der Waals surface area contributed by atoms with Gasteiger partial charge in [0.05, 0.1) is 7.11 Å². The second-order valence-corrected chi connectivity index (χ2v) is 6.74. The van der Waals surface area contributed by atoms with Crippen LogP contribution in [0.5, 0.6) is 5.75 Å². The molecule has 1 aliphatic rings. The molecule has 5 nitrogen and oxygen atoms in total. The maximum atomic E-state index is 12.6. The van der Waals surface area contributed by atoms with Gasteiger partial charge in [0.25, 0.3) is 0 Å². The molecule has 1 fully saturated rings. The van der Waals surface area contributed by atoms with E-state index in [1.54, 1.807) is 36.3 Å². The maximum absolute atomic E-state index is 12.6. The summed E-state index contributed by atoms with van der Waals surface area (Å²) in [6.45, 7) is 0.878. The number of carbonyl (C=O) groups is 2. The number of Topliss-reactive ketones (excluding diaryl/α,β-unsaturated/α-hetero) is 1. The summed E-state index contributed by atoms with van der Waals surface area (Å²) >= 11 is 0. The predicted molar refractivity (Wildman–Crippen MR) is 103 cm³/mol. The molecule has 0 saturated carbocycles. The second-order valence-electron chi connectivity index (χ2n) is 6.74. The number of benzene rings is 2. The zero-order chi connectivity index (χ0) is 19.1. The summed E-state index contributed by atoms with van der Waals surface area (Å²) in [7, 11) is 1.60. The number of hydrogen-bond acceptors (Lipinski definition) is 4. The first-order chi connectivity index (χ1) is 13.2. The van der Waals surface area contributed by atoms with Gasteiger partial charge in [0.15, 0.2) is 5.78 Å². The van der Waals surface area contributed by atoms with Crippen molar-refractivity contribution in [3.63, 3.8) is 0 Å². The molecule has 0 bridgehead atoms. The first-order valence-corrected chi connectivity index (χ1v) is 9.32. The van der Waals surface area contributed by atoms with Gasteiger partial charge in [0.2, 0.25) is 0 Å². The Hall–Kier alpha value is -2.82. The summed E-state index contributed by atoms with van der Waals surface area (Å²) < 4.78 is 10.6. The highest BCUT2D eigenvalue weighted by atomic mass is 16.6. The maximum Gasteiger partial charge on any atom is 0.410 e. The number of ketones is 1. The van der Waals surface area contributed by atoms with Crippen LogP contribution >= 0.6 is 0 Å². The van der Waals surface area contributed by atoms with E-state index < -0.39 is 0 Å². The average Bonchev–Trinajstić information content (AvgIpc) is 2.73. The quantitative estimate of drug-likeness (QED) is 0.708. The van der Waals surface area contributed by atoms with Crippen molar-refractivity contribution in [2.24, 2.45) is 0 Å². The highest BCUT2D eigenvalue weighted by Gasteiger charge is 2.29. The molecule has 1 heterocycles. The van der Waals surface area contributed by atoms with E-state index in [4.69, 9.17) is 9.47 Å². The minimum absolute atomic E-state index is 0.0328. The Kier molecular flexibility index (Phi) is 6.47. The number of rotatable bonds is 6. The van der Waals surface area contributed by atoms with Gasteiger partial charge in [-0.25, -0.2) is 4.79 Å². The number of piperidine rings is 1. The zero-order valence-corrected chi connectivity index (χ0v) is 15.6. The largest absolute Gasteiger partial charge is 0.497 e. The van der Waals surface area contributed by atoms with Gasteiger partial charge in [-0.15, -0.1) is 0 Å². The predicted octanol–water partition coefficient (Wildman–Crippen LogP) is 4.46. The van der Waals surface area contributed by atoms with E-state index in [9.17, 15) is 9.59 Å². The Balaban J connectivity index is 1.60. The van der Waals surface area contributed by atoms with Gasteiger partial charge in [-0.2, -0.15) is 0 Å². The van der Waals surface area contributed by atoms with Crippen LogP contribution in [-0.2, 0) is 11.3 Å². The van der Waals surface area contributed by atoms with E-state index >= 15 is 0 Å². The molecule has 0 spiro atoms. The summed E-state index contributed by atoms with van der Waals surface area (Å²) in [5, 5.41) is 0. The van der Waals surface area contributed by atoms with E-state index in [2.05, 4.69) is 0 Å². The molecule has 0 radical (unpaired) electrons. The molecule has 1 amide bonds. The van der Waals surface area contributed by atoms with Gasteiger partial charge in [0, 0.05) is 24.6 Å². The fourth-order valence-electron chi connectivity index (χ4n) is 3.36. The summed E-state index contributed by atoms with van der Waals surface area (Å²) in [4.78, 5) is 26.9. The van der Waals surface area contributed by atoms with Gasteiger partial charge in [-0.3, -0.25) is 4.79 Å². The Morgan fingerprint density at radius 2 is 1.78 bits per heavy atom. The summed E-state index contributed by atoms with van der Waals surface area (Å²) in [6, 6.07) is 16.6. The number of methoxy groups -OCH3 is 1. The van der Waals surface area contributed by atoms with Gasteiger partial charge in [0.1, 0.15) is 12.4 Å². The number of nitrogens with zero attached hydrogens (tertiary/aromatic N) is 1. The standard InChI is InChI=1S/C22H25NO4/c1-26-20-12-10-18(11-13-20)21(24)15-19-9-5-6-14-23(19)22(25)27-16-17-7-3-2-4-8-17/h2-4,7-8,10-13,19H,5-6,9,14-16H2,1H3/t19-/m1/s1. The normalized spacial score (nSPS) is 16.6. The van der Waals surface area contributed by atoms with Crippen LogP contribution in [0, 0.1) is 0 Å². The van der Waals surface area contributed by atoms with Gasteiger partial charge < -0.3 is 14.4 Å². The molecule has 5 heteroatoms. The molecule has 2 aromatic carbocycles. The first-order valence-electron chi connectivity index (χ1n) is 9.32. The van der Waals surface area contributed by atoms with Crippen LogP contribution in [-0.4, -0.2) is 36.5 Å². The molecule has 1 atom stereocenters. The minimum atomic E-state index is -0.342. The van der Waals surface area contributed by atoms with E-state index in [0.29, 0.717) is 18.5 Å². The van der Waals surface area contributed by atoms with Crippen molar-refractivity contribution in [3.05, 3.63) is 65.7 Å². The minimum Gasteiger partial charge on any atom is -0.497 e. The Labute approximate surface area is 159 Å². The molecule has 1 aliphatic heterocycles. The van der Waals surface area contributed by atoms with Crippen molar-refractivity contribution in [3.8, 4) is 5.75 Å². The van der Waals surface area contributed by atoms with E-state index in [-0.39, 0.29) is 24.5 Å². The number of hydrogen-bond donors (Lipinski definition) is 0. The van der Waals surface area contributed by atoms with E-state index in [1.165, 1.54) is 0 Å². The zero-order valence-electron chi connectivity index (χ0n) is 15.6. The number of carbonyl (C=O) groups excluding carboxylic acids is 2. The summed E-state index contributed by atoms with van der Waals surface area (Å²) in [5.74, 6) is 0.751. The van der Waals surface area contributed by atoms with Crippen LogP contribution in [0.2, 0.25) is 0 Å². The molecular weight excluding hydrogens is 342 g/mol. The van der Waals surface area contributed by atoms with Crippen LogP contribution < -0.4 is 4.74 Å². The van der Waals surface area contributed by atoms with Crippen molar-refractivity contribution >= 4 is 11.9 Å². The van der Waals surface area contributed by atoms with Crippen molar-refractivity contribution in [2.45, 2.75) is 38.3 Å². The summed E-state index contributed by atoms with van der Waals surface area (Å²) in [5.41, 5.74) is 1.59. The molecule has 0 N–H and O–H groups in total. The third-order valence-electron chi connectivity index (χ3n) is 4.90. The molecule has 2 aromatic rings. The SMILES string of the molecule is COc1ccc(C(=O)C[C@H]2CCCCN2C(=O)OCc2ccccc2)cc1. The summed E-state index contributed by atoms with van der Waals surface area (Å²) in [6.07, 6.45) is 2.75. The Bertz CT molecular complexity index is 758. The first kappa shape index (κ1) is 19.0. The fraction of sp³-hybridized carbons (Fsp3) is 0.364. The Morgan fingerprint density at radius 3 is 2.48 bits per heavy atom. The van der Waals surface area contributed by atoms with Crippen molar-refractivity contribution in [1.29, 1.82) is 0 Å². The lowest BCUT2D eigenvalue weighted by atomic mass is 9.95. The van der Waals surface area contributed by atoms with Crippen LogP contribution in [0.15, 0.2) is 54.6 Å². The lowest BCUT2D eigenvalue weighted by Gasteiger charge is -2.34. The third-order valence-corrected chi connectivity index (χ3v) is 4.90. The molecule has 142 valence electrons. The smallest absolute Gasteiger partial charge is 0.410 e. The topological polar surface area (TPSA) is 55.8 Å². The fourth-order valence-corrected chi connectivity index (χ4v) is 3.36. The monoisotopic (exact) mass is 367 g/mol. The lowest BCUT2D eigenvalue weighted by molar-refractivity contribution is 0.0627. The van der Waals surface area contributed by atoms with Crippen molar-refractivity contribution in [1.82, 2.24) is 4.90 Å². The molecular formula is C22H25NO4. The molecule has 0 aromatic heterocycles. The number of ether oxygens (including phenoxy) is 2.